The molecule has 7 nitrogen and oxygen atoms in total. The van der Waals surface area contributed by atoms with Crippen LogP contribution in [0.3, 0.4) is 0 Å². The molecule has 7 heteroatoms. The summed E-state index contributed by atoms with van der Waals surface area (Å²) in [6.45, 7) is 8.33. The molecule has 1 N–H and O–H groups in total. The number of hydrogen-bond acceptors (Lipinski definition) is 5. The Balaban J connectivity index is 1.96. The minimum Gasteiger partial charge on any atom is -0.365 e. The van der Waals surface area contributed by atoms with Gasteiger partial charge in [0.15, 0.2) is 17.3 Å². The van der Waals surface area contributed by atoms with Crippen LogP contribution >= 0.6 is 0 Å². The van der Waals surface area contributed by atoms with Crippen molar-refractivity contribution in [3.05, 3.63) is 17.7 Å². The first-order valence-electron chi connectivity index (χ1n) is 8.47. The van der Waals surface area contributed by atoms with E-state index in [1.807, 2.05) is 25.0 Å². The van der Waals surface area contributed by atoms with Crippen LogP contribution in [0, 0.1) is 13.8 Å². The van der Waals surface area contributed by atoms with Crippen molar-refractivity contribution in [1.82, 2.24) is 29.3 Å². The van der Waals surface area contributed by atoms with Gasteiger partial charge in [0, 0.05) is 24.8 Å². The fourth-order valence-corrected chi connectivity index (χ4v) is 3.03. The Morgan fingerprint density at radius 1 is 1.21 bits per heavy atom. The smallest absolute Gasteiger partial charge is 0.167 e. The SMILES string of the molecule is Cc1nn(C)c(C)c1-c1nc(NC2CC2)c2ncn(C(C)C)c2n1. The maximum Gasteiger partial charge on any atom is 0.167 e. The maximum absolute atomic E-state index is 4.85. The van der Waals surface area contributed by atoms with Crippen molar-refractivity contribution in [2.45, 2.75) is 52.6 Å². The third-order valence-corrected chi connectivity index (χ3v) is 4.63. The molecule has 0 saturated heterocycles. The number of fused-ring (bicyclic) bond motifs is 1. The highest BCUT2D eigenvalue weighted by Gasteiger charge is 2.25. The van der Waals surface area contributed by atoms with Gasteiger partial charge >= 0.3 is 0 Å². The van der Waals surface area contributed by atoms with Gasteiger partial charge < -0.3 is 9.88 Å². The summed E-state index contributed by atoms with van der Waals surface area (Å²) in [6.07, 6.45) is 4.24. The number of anilines is 1. The van der Waals surface area contributed by atoms with Crippen LogP contribution < -0.4 is 5.32 Å². The molecule has 126 valence electrons. The van der Waals surface area contributed by atoms with Crippen LogP contribution in [0.5, 0.6) is 0 Å². The van der Waals surface area contributed by atoms with Crippen LogP contribution in [0.4, 0.5) is 5.82 Å². The summed E-state index contributed by atoms with van der Waals surface area (Å²) in [5.41, 5.74) is 4.75. The van der Waals surface area contributed by atoms with Crippen LogP contribution in [0.1, 0.15) is 44.1 Å². The van der Waals surface area contributed by atoms with E-state index in [9.17, 15) is 0 Å². The van der Waals surface area contributed by atoms with Gasteiger partial charge in [0.25, 0.3) is 0 Å². The molecular formula is C17H23N7. The van der Waals surface area contributed by atoms with Crippen molar-refractivity contribution in [2.24, 2.45) is 7.05 Å². The molecule has 1 aliphatic rings. The first-order valence-corrected chi connectivity index (χ1v) is 8.47. The molecule has 0 unspecified atom stereocenters. The number of hydrogen-bond donors (Lipinski definition) is 1. The van der Waals surface area contributed by atoms with E-state index < -0.39 is 0 Å². The van der Waals surface area contributed by atoms with Gasteiger partial charge in [-0.25, -0.2) is 15.0 Å². The largest absolute Gasteiger partial charge is 0.365 e. The lowest BCUT2D eigenvalue weighted by atomic mass is 10.2. The Kier molecular flexibility index (Phi) is 3.33. The van der Waals surface area contributed by atoms with E-state index in [0.717, 1.165) is 39.8 Å². The van der Waals surface area contributed by atoms with E-state index in [1.165, 1.54) is 12.8 Å². The second-order valence-corrected chi connectivity index (χ2v) is 6.90. The first kappa shape index (κ1) is 15.1. The van der Waals surface area contributed by atoms with Gasteiger partial charge in [0.2, 0.25) is 0 Å². The highest BCUT2D eigenvalue weighted by Crippen LogP contribution is 2.32. The van der Waals surface area contributed by atoms with Gasteiger partial charge in [-0.05, 0) is 40.5 Å². The number of nitrogens with zero attached hydrogens (tertiary/aromatic N) is 6. The summed E-state index contributed by atoms with van der Waals surface area (Å²) in [7, 11) is 1.95. The highest BCUT2D eigenvalue weighted by molar-refractivity contribution is 5.86. The minimum absolute atomic E-state index is 0.294. The average molecular weight is 325 g/mol. The normalized spacial score (nSPS) is 14.8. The number of aromatic nitrogens is 6. The fourth-order valence-electron chi connectivity index (χ4n) is 3.03. The standard InChI is InChI=1S/C17H23N7/c1-9(2)24-8-18-14-16(19-12-6-7-12)20-15(21-17(14)24)13-10(3)22-23(5)11(13)4/h8-9,12H,6-7H2,1-5H3,(H,19,20,21). The number of rotatable bonds is 4. The van der Waals surface area contributed by atoms with E-state index >= 15 is 0 Å². The highest BCUT2D eigenvalue weighted by atomic mass is 15.3. The molecule has 1 fully saturated rings. The van der Waals surface area contributed by atoms with Crippen LogP contribution in [-0.2, 0) is 7.05 Å². The summed E-state index contributed by atoms with van der Waals surface area (Å²) < 4.78 is 3.98. The Bertz CT molecular complexity index is 915. The molecule has 0 amide bonds. The zero-order valence-electron chi connectivity index (χ0n) is 14.8. The minimum atomic E-state index is 0.294. The first-order chi connectivity index (χ1) is 11.5. The Hall–Kier alpha value is -2.44. The topological polar surface area (TPSA) is 73.5 Å². The number of nitrogens with one attached hydrogen (secondary N) is 1. The molecule has 1 saturated carbocycles. The van der Waals surface area contributed by atoms with Crippen molar-refractivity contribution in [3.8, 4) is 11.4 Å². The van der Waals surface area contributed by atoms with Crippen LogP contribution in [0.2, 0.25) is 0 Å². The molecule has 3 aromatic rings. The van der Waals surface area contributed by atoms with E-state index in [2.05, 4.69) is 40.7 Å². The number of imidazole rings is 1. The molecule has 1 aliphatic carbocycles. The Labute approximate surface area is 141 Å². The van der Waals surface area contributed by atoms with Crippen LogP contribution in [0.25, 0.3) is 22.6 Å². The predicted molar refractivity (Wildman–Crippen MR) is 94.0 cm³/mol. The molecule has 0 bridgehead atoms. The van der Waals surface area contributed by atoms with Crippen molar-refractivity contribution >= 4 is 17.0 Å². The second kappa shape index (κ2) is 5.29. The summed E-state index contributed by atoms with van der Waals surface area (Å²) in [4.78, 5) is 14.2. The monoisotopic (exact) mass is 325 g/mol. The third-order valence-electron chi connectivity index (χ3n) is 4.63. The third kappa shape index (κ3) is 2.35. The zero-order chi connectivity index (χ0) is 17.0. The molecule has 0 spiro atoms. The summed E-state index contributed by atoms with van der Waals surface area (Å²) in [6, 6.07) is 0.804. The van der Waals surface area contributed by atoms with Gasteiger partial charge in [-0.15, -0.1) is 0 Å². The molecule has 3 aromatic heterocycles. The molecule has 0 atom stereocenters. The van der Waals surface area contributed by atoms with E-state index in [1.54, 1.807) is 0 Å². The van der Waals surface area contributed by atoms with Gasteiger partial charge in [-0.2, -0.15) is 5.10 Å². The van der Waals surface area contributed by atoms with Crippen molar-refractivity contribution in [2.75, 3.05) is 5.32 Å². The van der Waals surface area contributed by atoms with Crippen molar-refractivity contribution in [3.63, 3.8) is 0 Å². The van der Waals surface area contributed by atoms with Crippen LogP contribution in [0.15, 0.2) is 6.33 Å². The van der Waals surface area contributed by atoms with E-state index in [4.69, 9.17) is 9.97 Å². The Morgan fingerprint density at radius 3 is 2.54 bits per heavy atom. The van der Waals surface area contributed by atoms with Gasteiger partial charge in [0.1, 0.15) is 5.52 Å². The fraction of sp³-hybridized carbons (Fsp3) is 0.529. The lowest BCUT2D eigenvalue weighted by molar-refractivity contribution is 0.613. The zero-order valence-corrected chi connectivity index (χ0v) is 14.8. The average Bonchev–Trinajstić information content (AvgIpc) is 3.15. The summed E-state index contributed by atoms with van der Waals surface area (Å²) >= 11 is 0. The lowest BCUT2D eigenvalue weighted by Crippen LogP contribution is -2.08. The van der Waals surface area contributed by atoms with Crippen molar-refractivity contribution in [1.29, 1.82) is 0 Å². The molecule has 24 heavy (non-hydrogen) atoms. The number of aryl methyl sites for hydroxylation is 2. The molecule has 0 aliphatic heterocycles. The quantitative estimate of drug-likeness (QED) is 0.798. The summed E-state index contributed by atoms with van der Waals surface area (Å²) in [5.74, 6) is 1.55. The lowest BCUT2D eigenvalue weighted by Gasteiger charge is -2.11. The summed E-state index contributed by atoms with van der Waals surface area (Å²) in [5, 5.41) is 8.02. The second-order valence-electron chi connectivity index (χ2n) is 6.90. The van der Waals surface area contributed by atoms with Crippen LogP contribution in [-0.4, -0.2) is 35.3 Å². The maximum atomic E-state index is 4.85. The molecule has 0 radical (unpaired) electrons. The van der Waals surface area contributed by atoms with Gasteiger partial charge in [0.05, 0.1) is 17.6 Å². The Morgan fingerprint density at radius 2 is 1.96 bits per heavy atom. The van der Waals surface area contributed by atoms with Gasteiger partial charge in [-0.3, -0.25) is 4.68 Å². The van der Waals surface area contributed by atoms with Crippen molar-refractivity contribution < 1.29 is 0 Å². The molecule has 0 aromatic carbocycles. The predicted octanol–water partition coefficient (Wildman–Crippen LogP) is 3.00. The van der Waals surface area contributed by atoms with E-state index in [-0.39, 0.29) is 0 Å². The van der Waals surface area contributed by atoms with E-state index in [0.29, 0.717) is 12.1 Å². The molecular weight excluding hydrogens is 302 g/mol. The van der Waals surface area contributed by atoms with Gasteiger partial charge in [-0.1, -0.05) is 0 Å². The molecule has 3 heterocycles. The molecule has 4 rings (SSSR count).